The first-order valence-corrected chi connectivity index (χ1v) is 11.6. The standard InChI is InChI=1S/C26H34N4O/c1-4-5-12-24(30-17(2)8-6-9-18(30)3)20-10-7-11-23-22(20)15-21(26(31)29-23)19-13-14-25(27)28-16-19/h7,10-11,13-18,24H,4-6,8-9,12H2,1-3H3,(H2,27,28)(H,29,31). The summed E-state index contributed by atoms with van der Waals surface area (Å²) < 4.78 is 0. The number of nitrogens with two attached hydrogens (primary N) is 1. The Morgan fingerprint density at radius 2 is 1.97 bits per heavy atom. The Morgan fingerprint density at radius 3 is 2.65 bits per heavy atom. The van der Waals surface area contributed by atoms with Crippen LogP contribution in [0.3, 0.4) is 0 Å². The van der Waals surface area contributed by atoms with Gasteiger partial charge in [0.2, 0.25) is 0 Å². The Bertz CT molecular complexity index is 1080. The molecule has 2 aromatic heterocycles. The molecular formula is C26H34N4O. The van der Waals surface area contributed by atoms with E-state index in [0.29, 0.717) is 29.5 Å². The minimum absolute atomic E-state index is 0.0963. The molecule has 0 amide bonds. The number of fused-ring (bicyclic) bond motifs is 1. The number of hydrogen-bond donors (Lipinski definition) is 2. The van der Waals surface area contributed by atoms with Crippen LogP contribution in [-0.2, 0) is 0 Å². The second-order valence-corrected chi connectivity index (χ2v) is 9.03. The summed E-state index contributed by atoms with van der Waals surface area (Å²) in [5.74, 6) is 0.453. The Hall–Kier alpha value is -2.66. The Balaban J connectivity index is 1.86. The number of nitrogens with one attached hydrogen (secondary N) is 1. The van der Waals surface area contributed by atoms with E-state index in [0.717, 1.165) is 22.9 Å². The van der Waals surface area contributed by atoms with E-state index in [2.05, 4.69) is 53.8 Å². The lowest BCUT2D eigenvalue weighted by molar-refractivity contribution is 0.0496. The van der Waals surface area contributed by atoms with Gasteiger partial charge in [-0.2, -0.15) is 0 Å². The molecule has 0 saturated carbocycles. The van der Waals surface area contributed by atoms with Gasteiger partial charge < -0.3 is 10.7 Å². The minimum atomic E-state index is -0.0963. The van der Waals surface area contributed by atoms with E-state index in [1.165, 1.54) is 37.7 Å². The largest absolute Gasteiger partial charge is 0.384 e. The second kappa shape index (κ2) is 9.23. The predicted octanol–water partition coefficient (Wildman–Crippen LogP) is 5.67. The lowest BCUT2D eigenvalue weighted by atomic mass is 9.88. The van der Waals surface area contributed by atoms with Crippen molar-refractivity contribution in [2.24, 2.45) is 0 Å². The van der Waals surface area contributed by atoms with Crippen LogP contribution in [0.2, 0.25) is 0 Å². The number of rotatable bonds is 6. The molecule has 1 fully saturated rings. The number of likely N-dealkylation sites (tertiary alicyclic amines) is 1. The highest BCUT2D eigenvalue weighted by atomic mass is 16.1. The van der Waals surface area contributed by atoms with Gasteiger partial charge in [0.25, 0.3) is 5.56 Å². The number of nitrogen functional groups attached to an aromatic ring is 1. The van der Waals surface area contributed by atoms with Crippen molar-refractivity contribution in [2.45, 2.75) is 77.4 Å². The third-order valence-electron chi connectivity index (χ3n) is 6.83. The van der Waals surface area contributed by atoms with Crippen molar-refractivity contribution < 1.29 is 0 Å². The Morgan fingerprint density at radius 1 is 1.19 bits per heavy atom. The maximum Gasteiger partial charge on any atom is 0.256 e. The van der Waals surface area contributed by atoms with Crippen molar-refractivity contribution in [3.8, 4) is 11.1 Å². The van der Waals surface area contributed by atoms with Crippen molar-refractivity contribution in [1.82, 2.24) is 14.9 Å². The van der Waals surface area contributed by atoms with Gasteiger partial charge in [0.15, 0.2) is 0 Å². The highest BCUT2D eigenvalue weighted by Crippen LogP contribution is 2.38. The summed E-state index contributed by atoms with van der Waals surface area (Å²) in [5, 5.41) is 1.13. The zero-order valence-corrected chi connectivity index (χ0v) is 18.9. The average Bonchev–Trinajstić information content (AvgIpc) is 2.75. The smallest absolute Gasteiger partial charge is 0.256 e. The molecule has 0 bridgehead atoms. The fraction of sp³-hybridized carbons (Fsp3) is 0.462. The summed E-state index contributed by atoms with van der Waals surface area (Å²) in [4.78, 5) is 22.9. The van der Waals surface area contributed by atoms with Crippen LogP contribution in [0.25, 0.3) is 22.0 Å². The molecule has 4 rings (SSSR count). The summed E-state index contributed by atoms with van der Waals surface area (Å²) in [7, 11) is 0. The summed E-state index contributed by atoms with van der Waals surface area (Å²) in [6, 6.07) is 13.5. The molecule has 3 heterocycles. The zero-order chi connectivity index (χ0) is 22.0. The minimum Gasteiger partial charge on any atom is -0.384 e. The first-order valence-electron chi connectivity index (χ1n) is 11.6. The van der Waals surface area contributed by atoms with E-state index in [-0.39, 0.29) is 5.56 Å². The monoisotopic (exact) mass is 418 g/mol. The van der Waals surface area contributed by atoms with Crippen LogP contribution < -0.4 is 11.3 Å². The van der Waals surface area contributed by atoms with Gasteiger partial charge in [-0.3, -0.25) is 9.69 Å². The van der Waals surface area contributed by atoms with E-state index in [1.807, 2.05) is 12.1 Å². The fourth-order valence-corrected chi connectivity index (χ4v) is 5.24. The number of H-pyrrole nitrogens is 1. The molecule has 0 aliphatic carbocycles. The van der Waals surface area contributed by atoms with Crippen molar-refractivity contribution in [3.05, 3.63) is 58.5 Å². The number of anilines is 1. The van der Waals surface area contributed by atoms with Crippen molar-refractivity contribution in [1.29, 1.82) is 0 Å². The molecule has 0 spiro atoms. The molecule has 3 aromatic rings. The first kappa shape index (κ1) is 21.6. The van der Waals surface area contributed by atoms with Crippen LogP contribution >= 0.6 is 0 Å². The number of hydrogen-bond acceptors (Lipinski definition) is 4. The predicted molar refractivity (Wildman–Crippen MR) is 129 cm³/mol. The van der Waals surface area contributed by atoms with Crippen LogP contribution in [0.4, 0.5) is 5.82 Å². The van der Waals surface area contributed by atoms with Crippen molar-refractivity contribution in [3.63, 3.8) is 0 Å². The van der Waals surface area contributed by atoms with E-state index >= 15 is 0 Å². The van der Waals surface area contributed by atoms with Crippen LogP contribution in [0.5, 0.6) is 0 Å². The van der Waals surface area contributed by atoms with Gasteiger partial charge in [-0.25, -0.2) is 4.98 Å². The molecule has 1 aliphatic rings. The number of nitrogens with zero attached hydrogens (tertiary/aromatic N) is 2. The number of aromatic amines is 1. The molecule has 3 unspecified atom stereocenters. The van der Waals surface area contributed by atoms with Crippen LogP contribution in [0, 0.1) is 0 Å². The molecule has 0 radical (unpaired) electrons. The normalized spacial score (nSPS) is 20.7. The summed E-state index contributed by atoms with van der Waals surface area (Å²) >= 11 is 0. The van der Waals surface area contributed by atoms with Gasteiger partial charge in [-0.05, 0) is 62.9 Å². The fourth-order valence-electron chi connectivity index (χ4n) is 5.24. The average molecular weight is 419 g/mol. The number of piperidine rings is 1. The molecule has 1 aliphatic heterocycles. The van der Waals surface area contributed by atoms with E-state index < -0.39 is 0 Å². The SMILES string of the molecule is CCCCC(c1cccc2[nH]c(=O)c(-c3ccc(N)nc3)cc12)N1C(C)CCCC1C. The number of pyridine rings is 2. The molecular weight excluding hydrogens is 384 g/mol. The van der Waals surface area contributed by atoms with Crippen LogP contribution in [0.1, 0.15) is 70.9 Å². The van der Waals surface area contributed by atoms with Gasteiger partial charge in [0.1, 0.15) is 5.82 Å². The molecule has 164 valence electrons. The van der Waals surface area contributed by atoms with Gasteiger partial charge in [0, 0.05) is 46.4 Å². The quantitative estimate of drug-likeness (QED) is 0.541. The number of benzene rings is 1. The Labute approximate surface area is 184 Å². The summed E-state index contributed by atoms with van der Waals surface area (Å²) in [5.41, 5.74) is 9.29. The maximum atomic E-state index is 12.9. The molecule has 5 heteroatoms. The van der Waals surface area contributed by atoms with Gasteiger partial charge in [0.05, 0.1) is 0 Å². The zero-order valence-electron chi connectivity index (χ0n) is 18.9. The summed E-state index contributed by atoms with van der Waals surface area (Å²) in [6.07, 6.45) is 8.97. The third kappa shape index (κ3) is 4.38. The van der Waals surface area contributed by atoms with Crippen LogP contribution in [0.15, 0.2) is 47.4 Å². The third-order valence-corrected chi connectivity index (χ3v) is 6.83. The number of aromatic nitrogens is 2. The molecule has 3 atom stereocenters. The van der Waals surface area contributed by atoms with E-state index in [9.17, 15) is 4.79 Å². The van der Waals surface area contributed by atoms with E-state index in [1.54, 1.807) is 12.3 Å². The highest BCUT2D eigenvalue weighted by Gasteiger charge is 2.32. The van der Waals surface area contributed by atoms with Gasteiger partial charge in [-0.15, -0.1) is 0 Å². The molecule has 1 aromatic carbocycles. The van der Waals surface area contributed by atoms with Crippen LogP contribution in [-0.4, -0.2) is 27.0 Å². The van der Waals surface area contributed by atoms with Crippen molar-refractivity contribution >= 4 is 16.7 Å². The van der Waals surface area contributed by atoms with Gasteiger partial charge >= 0.3 is 0 Å². The second-order valence-electron chi connectivity index (χ2n) is 9.03. The first-order chi connectivity index (χ1) is 15.0. The molecule has 3 N–H and O–H groups in total. The Kier molecular flexibility index (Phi) is 6.42. The summed E-state index contributed by atoms with van der Waals surface area (Å²) in [6.45, 7) is 6.99. The molecule has 31 heavy (non-hydrogen) atoms. The number of unbranched alkanes of at least 4 members (excludes halogenated alkanes) is 1. The highest BCUT2D eigenvalue weighted by molar-refractivity contribution is 5.86. The van der Waals surface area contributed by atoms with Crippen molar-refractivity contribution in [2.75, 3.05) is 5.73 Å². The lowest BCUT2D eigenvalue weighted by Gasteiger charge is -2.45. The topological polar surface area (TPSA) is 75.0 Å². The maximum absolute atomic E-state index is 12.9. The lowest BCUT2D eigenvalue weighted by Crippen LogP contribution is -2.46. The van der Waals surface area contributed by atoms with E-state index in [4.69, 9.17) is 5.73 Å². The van der Waals surface area contributed by atoms with Gasteiger partial charge in [-0.1, -0.05) is 38.3 Å². The molecule has 5 nitrogen and oxygen atoms in total. The molecule has 1 saturated heterocycles.